The van der Waals surface area contributed by atoms with Gasteiger partial charge in [-0.2, -0.15) is 5.10 Å². The molecule has 1 N–H and O–H groups in total. The quantitative estimate of drug-likeness (QED) is 0.759. The third-order valence-electron chi connectivity index (χ3n) is 2.64. The van der Waals surface area contributed by atoms with E-state index < -0.39 is 5.97 Å². The molecule has 0 aliphatic rings. The standard InChI is InChI=1S/C11H8N4O2S/c1-15-9(5-8(13-15)11(16)17)6-2-3-7-10(4-6)18-14-12-7/h2-5H,1H3,(H,16,17). The number of carbonyl (C=O) groups is 1. The second-order valence-corrected chi connectivity index (χ2v) is 4.58. The van der Waals surface area contributed by atoms with Gasteiger partial charge in [0.1, 0.15) is 5.52 Å². The highest BCUT2D eigenvalue weighted by Gasteiger charge is 2.13. The molecule has 0 amide bonds. The lowest BCUT2D eigenvalue weighted by atomic mass is 10.1. The molecule has 0 radical (unpaired) electrons. The molecule has 2 aromatic heterocycles. The van der Waals surface area contributed by atoms with Gasteiger partial charge in [0.05, 0.1) is 10.4 Å². The number of hydrogen-bond acceptors (Lipinski definition) is 5. The fourth-order valence-corrected chi connectivity index (χ4v) is 2.38. The minimum Gasteiger partial charge on any atom is -0.476 e. The Labute approximate surface area is 106 Å². The molecule has 3 aromatic rings. The first kappa shape index (κ1) is 10.8. The summed E-state index contributed by atoms with van der Waals surface area (Å²) in [6.07, 6.45) is 0. The van der Waals surface area contributed by atoms with Gasteiger partial charge in [-0.05, 0) is 29.7 Å². The molecule has 0 unspecified atom stereocenters. The van der Waals surface area contributed by atoms with Crippen LogP contribution in [0.4, 0.5) is 0 Å². The number of benzene rings is 1. The van der Waals surface area contributed by atoms with Gasteiger partial charge in [0.2, 0.25) is 0 Å². The summed E-state index contributed by atoms with van der Waals surface area (Å²) in [5, 5.41) is 16.8. The average Bonchev–Trinajstić information content (AvgIpc) is 2.93. The predicted molar refractivity (Wildman–Crippen MR) is 66.6 cm³/mol. The van der Waals surface area contributed by atoms with E-state index >= 15 is 0 Å². The molecule has 0 bridgehead atoms. The molecule has 0 atom stereocenters. The van der Waals surface area contributed by atoms with E-state index in [-0.39, 0.29) is 5.69 Å². The maximum Gasteiger partial charge on any atom is 0.356 e. The second kappa shape index (κ2) is 3.88. The lowest BCUT2D eigenvalue weighted by Crippen LogP contribution is -1.99. The number of carboxylic acids is 1. The van der Waals surface area contributed by atoms with Crippen LogP contribution in [0.25, 0.3) is 21.5 Å². The van der Waals surface area contributed by atoms with Gasteiger partial charge >= 0.3 is 5.97 Å². The van der Waals surface area contributed by atoms with Crippen molar-refractivity contribution in [2.45, 2.75) is 0 Å². The molecule has 3 rings (SSSR count). The Bertz CT molecular complexity index is 746. The third-order valence-corrected chi connectivity index (χ3v) is 3.33. The minimum absolute atomic E-state index is 0.0371. The molecule has 6 nitrogen and oxygen atoms in total. The van der Waals surface area contributed by atoms with E-state index in [9.17, 15) is 4.79 Å². The molecule has 90 valence electrons. The molecule has 7 heteroatoms. The van der Waals surface area contributed by atoms with Crippen molar-refractivity contribution in [1.82, 2.24) is 19.4 Å². The zero-order valence-electron chi connectivity index (χ0n) is 9.36. The number of fused-ring (bicyclic) bond motifs is 1. The second-order valence-electron chi connectivity index (χ2n) is 3.80. The first-order chi connectivity index (χ1) is 8.65. The van der Waals surface area contributed by atoms with Crippen molar-refractivity contribution in [3.8, 4) is 11.3 Å². The van der Waals surface area contributed by atoms with Gasteiger partial charge in [-0.3, -0.25) is 4.68 Å². The van der Waals surface area contributed by atoms with Gasteiger partial charge in [-0.25, -0.2) is 4.79 Å². The Hall–Kier alpha value is -2.28. The molecule has 0 spiro atoms. The lowest BCUT2D eigenvalue weighted by Gasteiger charge is -2.00. The van der Waals surface area contributed by atoms with Gasteiger partial charge in [0, 0.05) is 12.6 Å². The van der Waals surface area contributed by atoms with Crippen molar-refractivity contribution in [1.29, 1.82) is 0 Å². The maximum atomic E-state index is 10.9. The van der Waals surface area contributed by atoms with Crippen LogP contribution in [0, 0.1) is 0 Å². The summed E-state index contributed by atoms with van der Waals surface area (Å²) in [5.74, 6) is -1.03. The fraction of sp³-hybridized carbons (Fsp3) is 0.0909. The number of aromatic carboxylic acids is 1. The number of rotatable bonds is 2. The van der Waals surface area contributed by atoms with Crippen molar-refractivity contribution in [2.24, 2.45) is 7.05 Å². The lowest BCUT2D eigenvalue weighted by molar-refractivity contribution is 0.0689. The first-order valence-corrected chi connectivity index (χ1v) is 5.92. The number of hydrogen-bond donors (Lipinski definition) is 1. The van der Waals surface area contributed by atoms with Crippen molar-refractivity contribution in [2.75, 3.05) is 0 Å². The van der Waals surface area contributed by atoms with E-state index in [0.717, 1.165) is 21.5 Å². The molecule has 1 aromatic carbocycles. The van der Waals surface area contributed by atoms with E-state index in [0.29, 0.717) is 0 Å². The summed E-state index contributed by atoms with van der Waals surface area (Å²) >= 11 is 1.31. The largest absolute Gasteiger partial charge is 0.476 e. The molecule has 18 heavy (non-hydrogen) atoms. The fourth-order valence-electron chi connectivity index (χ4n) is 1.78. The van der Waals surface area contributed by atoms with Crippen LogP contribution in [0.3, 0.4) is 0 Å². The molecular formula is C11H8N4O2S. The maximum absolute atomic E-state index is 10.9. The average molecular weight is 260 g/mol. The summed E-state index contributed by atoms with van der Waals surface area (Å²) < 4.78 is 6.39. The molecule has 0 saturated carbocycles. The number of nitrogens with zero attached hydrogens (tertiary/aromatic N) is 4. The summed E-state index contributed by atoms with van der Waals surface area (Å²) in [6, 6.07) is 7.23. The molecular weight excluding hydrogens is 252 g/mol. The molecule has 0 aliphatic carbocycles. The third kappa shape index (κ3) is 1.65. The van der Waals surface area contributed by atoms with E-state index in [4.69, 9.17) is 5.11 Å². The van der Waals surface area contributed by atoms with Crippen LogP contribution in [0.15, 0.2) is 24.3 Å². The Morgan fingerprint density at radius 3 is 2.94 bits per heavy atom. The Morgan fingerprint density at radius 2 is 2.22 bits per heavy atom. The van der Waals surface area contributed by atoms with Crippen LogP contribution in [0.1, 0.15) is 10.5 Å². The molecule has 0 aliphatic heterocycles. The highest BCUT2D eigenvalue weighted by molar-refractivity contribution is 7.12. The molecule has 2 heterocycles. The van der Waals surface area contributed by atoms with Gasteiger partial charge in [0.25, 0.3) is 0 Å². The summed E-state index contributed by atoms with van der Waals surface area (Å²) in [6.45, 7) is 0. The molecule has 0 fully saturated rings. The van der Waals surface area contributed by atoms with Gasteiger partial charge in [-0.15, -0.1) is 5.10 Å². The number of aromatic nitrogens is 4. The smallest absolute Gasteiger partial charge is 0.356 e. The van der Waals surface area contributed by atoms with E-state index in [1.807, 2.05) is 18.2 Å². The van der Waals surface area contributed by atoms with Crippen molar-refractivity contribution < 1.29 is 9.90 Å². The van der Waals surface area contributed by atoms with E-state index in [2.05, 4.69) is 14.7 Å². The van der Waals surface area contributed by atoms with Crippen molar-refractivity contribution in [3.05, 3.63) is 30.0 Å². The van der Waals surface area contributed by atoms with Gasteiger partial charge in [0.15, 0.2) is 5.69 Å². The van der Waals surface area contributed by atoms with Crippen LogP contribution in [0.2, 0.25) is 0 Å². The molecule has 0 saturated heterocycles. The normalized spacial score (nSPS) is 10.9. The summed E-state index contributed by atoms with van der Waals surface area (Å²) in [4.78, 5) is 10.9. The predicted octanol–water partition coefficient (Wildman–Crippen LogP) is 1.79. The highest BCUT2D eigenvalue weighted by atomic mass is 32.1. The Kier molecular flexibility index (Phi) is 2.34. The first-order valence-electron chi connectivity index (χ1n) is 5.15. The van der Waals surface area contributed by atoms with Crippen molar-refractivity contribution >= 4 is 27.7 Å². The van der Waals surface area contributed by atoms with Crippen LogP contribution in [-0.2, 0) is 7.05 Å². The zero-order valence-corrected chi connectivity index (χ0v) is 10.2. The van der Waals surface area contributed by atoms with Crippen LogP contribution >= 0.6 is 11.5 Å². The Morgan fingerprint density at radius 1 is 1.39 bits per heavy atom. The minimum atomic E-state index is -1.03. The van der Waals surface area contributed by atoms with Crippen LogP contribution in [-0.4, -0.2) is 30.4 Å². The monoisotopic (exact) mass is 260 g/mol. The summed E-state index contributed by atoms with van der Waals surface area (Å²) in [7, 11) is 1.72. The van der Waals surface area contributed by atoms with Crippen LogP contribution in [0.5, 0.6) is 0 Å². The van der Waals surface area contributed by atoms with Gasteiger partial charge < -0.3 is 5.11 Å². The number of carboxylic acid groups (broad SMARTS) is 1. The van der Waals surface area contributed by atoms with E-state index in [1.54, 1.807) is 17.8 Å². The van der Waals surface area contributed by atoms with Crippen LogP contribution < -0.4 is 0 Å². The number of aryl methyl sites for hydroxylation is 1. The van der Waals surface area contributed by atoms with Crippen molar-refractivity contribution in [3.63, 3.8) is 0 Å². The van der Waals surface area contributed by atoms with E-state index in [1.165, 1.54) is 11.5 Å². The summed E-state index contributed by atoms with van der Waals surface area (Å²) in [5.41, 5.74) is 2.53. The topological polar surface area (TPSA) is 80.9 Å². The SMILES string of the molecule is Cn1nc(C(=O)O)cc1-c1ccc2nnsc2c1. The highest BCUT2D eigenvalue weighted by Crippen LogP contribution is 2.25. The zero-order chi connectivity index (χ0) is 12.7. The van der Waals surface area contributed by atoms with Gasteiger partial charge in [-0.1, -0.05) is 10.6 Å². The Balaban J connectivity index is 2.15.